The van der Waals surface area contributed by atoms with Gasteiger partial charge in [-0.25, -0.2) is 4.39 Å². The Morgan fingerprint density at radius 3 is 2.29 bits per heavy atom. The summed E-state index contributed by atoms with van der Waals surface area (Å²) in [5.41, 5.74) is 2.14. The molecule has 0 bridgehead atoms. The van der Waals surface area contributed by atoms with Gasteiger partial charge < -0.3 is 10.1 Å². The Balaban J connectivity index is 2.05. The summed E-state index contributed by atoms with van der Waals surface area (Å²) in [7, 11) is 0. The quantitative estimate of drug-likeness (QED) is 0.846. The van der Waals surface area contributed by atoms with Crippen LogP contribution in [0.25, 0.3) is 0 Å². The molecule has 2 aromatic carbocycles. The first-order chi connectivity index (χ1) is 9.95. The van der Waals surface area contributed by atoms with Crippen LogP contribution in [0.1, 0.15) is 24.1 Å². The lowest BCUT2D eigenvalue weighted by Crippen LogP contribution is -2.07. The summed E-state index contributed by atoms with van der Waals surface area (Å²) in [6, 6.07) is 11.2. The molecule has 2 aromatic rings. The van der Waals surface area contributed by atoms with Gasteiger partial charge in [0.15, 0.2) is 0 Å². The van der Waals surface area contributed by atoms with Crippen LogP contribution in [0.4, 0.5) is 18.9 Å². The monoisotopic (exact) mass is 295 g/mol. The lowest BCUT2D eigenvalue weighted by molar-refractivity contribution is -0.0498. The third kappa shape index (κ3) is 4.15. The number of anilines is 1. The molecule has 0 spiro atoms. The van der Waals surface area contributed by atoms with Gasteiger partial charge in [-0.3, -0.25) is 0 Å². The van der Waals surface area contributed by atoms with Gasteiger partial charge in [0.05, 0.1) is 0 Å². The third-order valence-electron chi connectivity index (χ3n) is 3.16. The second-order valence-electron chi connectivity index (χ2n) is 4.78. The highest BCUT2D eigenvalue weighted by molar-refractivity contribution is 5.47. The van der Waals surface area contributed by atoms with Crippen molar-refractivity contribution < 1.29 is 17.9 Å². The van der Waals surface area contributed by atoms with Gasteiger partial charge in [-0.1, -0.05) is 18.2 Å². The predicted molar refractivity (Wildman–Crippen MR) is 76.2 cm³/mol. The Kier molecular flexibility index (Phi) is 4.73. The molecule has 0 aliphatic carbocycles. The number of rotatable bonds is 5. The molecule has 2 nitrogen and oxygen atoms in total. The van der Waals surface area contributed by atoms with E-state index in [2.05, 4.69) is 10.1 Å². The maximum atomic E-state index is 13.5. The zero-order valence-electron chi connectivity index (χ0n) is 11.7. The molecule has 112 valence electrons. The molecule has 0 saturated carbocycles. The molecule has 0 saturated heterocycles. The number of hydrogen-bond acceptors (Lipinski definition) is 2. The Bertz CT molecular complexity index is 599. The molecular formula is C16H16F3NO. The Labute approximate surface area is 121 Å². The second kappa shape index (κ2) is 6.52. The van der Waals surface area contributed by atoms with Crippen LogP contribution in [0, 0.1) is 12.7 Å². The van der Waals surface area contributed by atoms with Crippen molar-refractivity contribution >= 4 is 5.69 Å². The highest BCUT2D eigenvalue weighted by atomic mass is 19.3. The Morgan fingerprint density at radius 1 is 1.05 bits per heavy atom. The molecule has 0 aliphatic heterocycles. The summed E-state index contributed by atoms with van der Waals surface area (Å²) in [6.45, 7) is 0.771. The van der Waals surface area contributed by atoms with Gasteiger partial charge in [-0.05, 0) is 49.2 Å². The number of hydrogen-bond donors (Lipinski definition) is 1. The lowest BCUT2D eigenvalue weighted by atomic mass is 10.1. The zero-order chi connectivity index (χ0) is 15.4. The van der Waals surface area contributed by atoms with Gasteiger partial charge in [0.25, 0.3) is 0 Å². The number of halogens is 3. The summed E-state index contributed by atoms with van der Waals surface area (Å²) in [5.74, 6) is -0.157. The van der Waals surface area contributed by atoms with Crippen molar-refractivity contribution in [2.75, 3.05) is 5.32 Å². The van der Waals surface area contributed by atoms with Crippen molar-refractivity contribution in [3.63, 3.8) is 0 Å². The van der Waals surface area contributed by atoms with E-state index in [9.17, 15) is 13.2 Å². The number of alkyl halides is 2. The maximum absolute atomic E-state index is 13.5. The standard InChI is InChI=1S/C16H16F3NO/c1-10-3-6-13(9-15(10)17)20-11(2)12-4-7-14(8-5-12)21-16(18)19/h3-9,11,16,20H,1-2H3. The molecule has 0 radical (unpaired) electrons. The third-order valence-corrected chi connectivity index (χ3v) is 3.16. The Hall–Kier alpha value is -2.17. The average Bonchev–Trinajstić information content (AvgIpc) is 2.43. The Morgan fingerprint density at radius 2 is 1.71 bits per heavy atom. The van der Waals surface area contributed by atoms with Crippen molar-refractivity contribution in [3.05, 3.63) is 59.4 Å². The highest BCUT2D eigenvalue weighted by Gasteiger charge is 2.08. The number of nitrogens with one attached hydrogen (secondary N) is 1. The number of ether oxygens (including phenoxy) is 1. The minimum atomic E-state index is -2.83. The van der Waals surface area contributed by atoms with Crippen molar-refractivity contribution in [2.45, 2.75) is 26.5 Å². The summed E-state index contributed by atoms with van der Waals surface area (Å²) in [4.78, 5) is 0. The van der Waals surface area contributed by atoms with Crippen molar-refractivity contribution in [3.8, 4) is 5.75 Å². The molecule has 0 heterocycles. The van der Waals surface area contributed by atoms with Crippen LogP contribution in [-0.2, 0) is 0 Å². The van der Waals surface area contributed by atoms with Gasteiger partial charge in [-0.2, -0.15) is 8.78 Å². The van der Waals surface area contributed by atoms with Gasteiger partial charge in [0.1, 0.15) is 11.6 Å². The van der Waals surface area contributed by atoms with Crippen LogP contribution in [0.5, 0.6) is 5.75 Å². The highest BCUT2D eigenvalue weighted by Crippen LogP contribution is 2.23. The molecular weight excluding hydrogens is 279 g/mol. The van der Waals surface area contributed by atoms with Gasteiger partial charge in [0.2, 0.25) is 0 Å². The molecule has 5 heteroatoms. The van der Waals surface area contributed by atoms with E-state index in [1.54, 1.807) is 31.2 Å². The molecule has 1 atom stereocenters. The molecule has 21 heavy (non-hydrogen) atoms. The summed E-state index contributed by atoms with van der Waals surface area (Å²) >= 11 is 0. The van der Waals surface area contributed by atoms with E-state index in [0.717, 1.165) is 5.56 Å². The van der Waals surface area contributed by atoms with Crippen LogP contribution in [0.15, 0.2) is 42.5 Å². The van der Waals surface area contributed by atoms with Crippen LogP contribution in [0.2, 0.25) is 0 Å². The molecule has 0 aromatic heterocycles. The molecule has 2 rings (SSSR count). The molecule has 0 aliphatic rings. The zero-order valence-corrected chi connectivity index (χ0v) is 11.7. The minimum Gasteiger partial charge on any atom is -0.435 e. The summed E-state index contributed by atoms with van der Waals surface area (Å²) < 4.78 is 41.9. The van der Waals surface area contributed by atoms with Gasteiger partial charge in [-0.15, -0.1) is 0 Å². The molecule has 0 fully saturated rings. The van der Waals surface area contributed by atoms with Crippen molar-refractivity contribution in [2.24, 2.45) is 0 Å². The van der Waals surface area contributed by atoms with E-state index in [4.69, 9.17) is 0 Å². The van der Waals surface area contributed by atoms with Crippen molar-refractivity contribution in [1.82, 2.24) is 0 Å². The van der Waals surface area contributed by atoms with Crippen molar-refractivity contribution in [1.29, 1.82) is 0 Å². The first kappa shape index (κ1) is 15.2. The first-order valence-corrected chi connectivity index (χ1v) is 6.53. The first-order valence-electron chi connectivity index (χ1n) is 6.53. The van der Waals surface area contributed by atoms with Crippen LogP contribution in [0.3, 0.4) is 0 Å². The van der Waals surface area contributed by atoms with E-state index in [1.165, 1.54) is 18.2 Å². The van der Waals surface area contributed by atoms with Gasteiger partial charge in [0, 0.05) is 11.7 Å². The SMILES string of the molecule is Cc1ccc(NC(C)c2ccc(OC(F)F)cc2)cc1F. The average molecular weight is 295 g/mol. The van der Waals surface area contributed by atoms with Crippen LogP contribution in [-0.4, -0.2) is 6.61 Å². The minimum absolute atomic E-state index is 0.0901. The maximum Gasteiger partial charge on any atom is 0.387 e. The molecule has 1 N–H and O–H groups in total. The lowest BCUT2D eigenvalue weighted by Gasteiger charge is -2.16. The topological polar surface area (TPSA) is 21.3 Å². The number of benzene rings is 2. The van der Waals surface area contributed by atoms with E-state index >= 15 is 0 Å². The predicted octanol–water partition coefficient (Wildman–Crippen LogP) is 4.91. The molecule has 0 amide bonds. The van der Waals surface area contributed by atoms with E-state index < -0.39 is 6.61 Å². The van der Waals surface area contributed by atoms with Crippen LogP contribution < -0.4 is 10.1 Å². The fraction of sp³-hybridized carbons (Fsp3) is 0.250. The largest absolute Gasteiger partial charge is 0.435 e. The fourth-order valence-electron chi connectivity index (χ4n) is 1.95. The van der Waals surface area contributed by atoms with E-state index in [1.807, 2.05) is 6.92 Å². The second-order valence-corrected chi connectivity index (χ2v) is 4.78. The fourth-order valence-corrected chi connectivity index (χ4v) is 1.95. The van der Waals surface area contributed by atoms with Gasteiger partial charge >= 0.3 is 6.61 Å². The summed E-state index contributed by atoms with van der Waals surface area (Å²) in [5, 5.41) is 3.16. The van der Waals surface area contributed by atoms with Crippen LogP contribution >= 0.6 is 0 Å². The number of aryl methyl sites for hydroxylation is 1. The smallest absolute Gasteiger partial charge is 0.387 e. The summed E-state index contributed by atoms with van der Waals surface area (Å²) in [6.07, 6.45) is 0. The van der Waals surface area contributed by atoms with E-state index in [-0.39, 0.29) is 17.6 Å². The van der Waals surface area contributed by atoms with E-state index in [0.29, 0.717) is 11.3 Å². The molecule has 1 unspecified atom stereocenters. The normalized spacial score (nSPS) is 12.3.